The molecule has 0 radical (unpaired) electrons. The molecule has 1 aliphatic rings. The lowest BCUT2D eigenvalue weighted by atomic mass is 9.75. The first kappa shape index (κ1) is 21.1. The van der Waals surface area contributed by atoms with Gasteiger partial charge in [0.25, 0.3) is 5.72 Å². The third kappa shape index (κ3) is 3.36. The molecule has 0 aliphatic carbocycles. The smallest absolute Gasteiger partial charge is 0.363 e. The predicted octanol–water partition coefficient (Wildman–Crippen LogP) is 4.13. The molecule has 0 spiro atoms. The van der Waals surface area contributed by atoms with Gasteiger partial charge in [-0.1, -0.05) is 54.1 Å². The lowest BCUT2D eigenvalue weighted by Crippen LogP contribution is -2.73. The second-order valence-electron chi connectivity index (χ2n) is 6.88. The Balaban J connectivity index is 2.28. The molecule has 3 unspecified atom stereocenters. The molecule has 0 saturated carbocycles. The number of Topliss-reactive ketones (excluding diaryl/α,β-unsaturated/α-hetero) is 1. The van der Waals surface area contributed by atoms with Crippen molar-refractivity contribution >= 4 is 23.4 Å². The van der Waals surface area contributed by atoms with Gasteiger partial charge in [-0.2, -0.15) is 13.2 Å². The summed E-state index contributed by atoms with van der Waals surface area (Å²) < 4.78 is 42.4. The van der Waals surface area contributed by atoms with Crippen molar-refractivity contribution in [2.45, 2.75) is 17.9 Å². The minimum atomic E-state index is -5.29. The van der Waals surface area contributed by atoms with Crippen LogP contribution in [0.5, 0.6) is 0 Å². The molecule has 2 amide bonds. The average molecular weight is 427 g/mol. The van der Waals surface area contributed by atoms with Crippen LogP contribution in [0, 0.1) is 5.92 Å². The summed E-state index contributed by atoms with van der Waals surface area (Å²) in [6.07, 6.45) is -5.29. The average Bonchev–Trinajstić information content (AvgIpc) is 2.68. The van der Waals surface area contributed by atoms with Crippen LogP contribution in [0.4, 0.5) is 18.0 Å². The van der Waals surface area contributed by atoms with Gasteiger partial charge in [-0.05, 0) is 17.7 Å². The summed E-state index contributed by atoms with van der Waals surface area (Å²) in [5.41, 5.74) is -3.52. The summed E-state index contributed by atoms with van der Waals surface area (Å²) in [6, 6.07) is 10.8. The third-order valence-corrected chi connectivity index (χ3v) is 5.45. The lowest BCUT2D eigenvalue weighted by Gasteiger charge is -2.53. The fourth-order valence-electron chi connectivity index (χ4n) is 3.74. The van der Waals surface area contributed by atoms with E-state index in [1.54, 1.807) is 6.07 Å². The second-order valence-corrected chi connectivity index (χ2v) is 7.32. The van der Waals surface area contributed by atoms with Gasteiger partial charge in [0.2, 0.25) is 0 Å². The highest BCUT2D eigenvalue weighted by atomic mass is 35.5. The van der Waals surface area contributed by atoms with E-state index >= 15 is 0 Å². The monoisotopic (exact) mass is 426 g/mol. The number of hydrogen-bond donors (Lipinski definition) is 1. The Hall–Kier alpha value is -2.58. The van der Waals surface area contributed by atoms with E-state index in [0.29, 0.717) is 0 Å². The Morgan fingerprint density at radius 3 is 2.28 bits per heavy atom. The SMILES string of the molecule is CN1C(=O)N(C)C(O)(C(F)(F)F)C(C(=O)c2ccccc2)C1c1cccc(Cl)c1. The summed E-state index contributed by atoms with van der Waals surface area (Å²) in [7, 11) is 2.11. The highest BCUT2D eigenvalue weighted by molar-refractivity contribution is 6.30. The first-order valence-corrected chi connectivity index (χ1v) is 9.02. The molecule has 1 saturated heterocycles. The number of carbonyl (C=O) groups excluding carboxylic acids is 2. The summed E-state index contributed by atoms with van der Waals surface area (Å²) in [6.45, 7) is 0. The molecule has 0 bridgehead atoms. The van der Waals surface area contributed by atoms with E-state index in [4.69, 9.17) is 11.6 Å². The Morgan fingerprint density at radius 2 is 1.72 bits per heavy atom. The number of hydrogen-bond acceptors (Lipinski definition) is 3. The Kier molecular flexibility index (Phi) is 5.36. The number of alkyl halides is 3. The Bertz CT molecular complexity index is 938. The molecular formula is C20H18ClF3N2O3. The van der Waals surface area contributed by atoms with Gasteiger partial charge in [-0.15, -0.1) is 0 Å². The number of aliphatic hydroxyl groups is 1. The van der Waals surface area contributed by atoms with Crippen LogP contribution >= 0.6 is 11.6 Å². The number of ketones is 1. The van der Waals surface area contributed by atoms with Gasteiger partial charge in [-0.25, -0.2) is 4.79 Å². The minimum absolute atomic E-state index is 0.0108. The molecule has 154 valence electrons. The maximum Gasteiger partial charge on any atom is 0.437 e. The minimum Gasteiger partial charge on any atom is -0.363 e. The molecule has 1 heterocycles. The number of halogens is 4. The van der Waals surface area contributed by atoms with Crippen molar-refractivity contribution in [3.63, 3.8) is 0 Å². The van der Waals surface area contributed by atoms with E-state index in [-0.39, 0.29) is 21.0 Å². The topological polar surface area (TPSA) is 60.9 Å². The first-order chi connectivity index (χ1) is 13.5. The van der Waals surface area contributed by atoms with Crippen LogP contribution in [-0.2, 0) is 0 Å². The number of rotatable bonds is 3. The molecule has 29 heavy (non-hydrogen) atoms. The van der Waals surface area contributed by atoms with E-state index in [9.17, 15) is 27.9 Å². The van der Waals surface area contributed by atoms with Gasteiger partial charge >= 0.3 is 12.2 Å². The molecular weight excluding hydrogens is 409 g/mol. The van der Waals surface area contributed by atoms with Crippen LogP contribution in [0.1, 0.15) is 22.0 Å². The van der Waals surface area contributed by atoms with Gasteiger partial charge in [-0.3, -0.25) is 9.69 Å². The number of urea groups is 1. The molecule has 3 rings (SSSR count). The van der Waals surface area contributed by atoms with Gasteiger partial charge in [0, 0.05) is 24.7 Å². The standard InChI is InChI=1S/C20H18ClF3N2O3/c1-25-16(13-9-6-10-14(21)11-13)15(17(27)12-7-4-3-5-8-12)19(29,20(22,23)24)26(2)18(25)28/h3-11,15-16,29H,1-2H3. The van der Waals surface area contributed by atoms with Crippen molar-refractivity contribution < 1.29 is 27.9 Å². The number of benzene rings is 2. The zero-order valence-electron chi connectivity index (χ0n) is 15.5. The van der Waals surface area contributed by atoms with Crippen molar-refractivity contribution in [1.82, 2.24) is 9.80 Å². The van der Waals surface area contributed by atoms with E-state index in [0.717, 1.165) is 11.9 Å². The summed E-state index contributed by atoms with van der Waals surface area (Å²) >= 11 is 6.00. The maximum atomic E-state index is 14.1. The van der Waals surface area contributed by atoms with Crippen LogP contribution in [0.15, 0.2) is 54.6 Å². The Labute approximate surface area is 170 Å². The molecule has 1 aliphatic heterocycles. The van der Waals surface area contributed by atoms with Gasteiger partial charge < -0.3 is 10.0 Å². The number of amides is 2. The van der Waals surface area contributed by atoms with Crippen molar-refractivity contribution in [3.05, 3.63) is 70.7 Å². The molecule has 1 fully saturated rings. The predicted molar refractivity (Wildman–Crippen MR) is 100 cm³/mol. The molecule has 5 nitrogen and oxygen atoms in total. The van der Waals surface area contributed by atoms with E-state index in [2.05, 4.69) is 0 Å². The molecule has 9 heteroatoms. The largest absolute Gasteiger partial charge is 0.437 e. The van der Waals surface area contributed by atoms with E-state index in [1.807, 2.05) is 0 Å². The normalized spacial score (nSPS) is 25.3. The Morgan fingerprint density at radius 1 is 1.10 bits per heavy atom. The van der Waals surface area contributed by atoms with Gasteiger partial charge in [0.05, 0.1) is 6.04 Å². The number of nitrogens with zero attached hydrogens (tertiary/aromatic N) is 2. The first-order valence-electron chi connectivity index (χ1n) is 8.64. The van der Waals surface area contributed by atoms with Gasteiger partial charge in [0.1, 0.15) is 5.92 Å². The highest BCUT2D eigenvalue weighted by Crippen LogP contribution is 2.50. The number of carbonyl (C=O) groups is 2. The van der Waals surface area contributed by atoms with Crippen molar-refractivity contribution in [3.8, 4) is 0 Å². The fourth-order valence-corrected chi connectivity index (χ4v) is 3.93. The van der Waals surface area contributed by atoms with Crippen molar-refractivity contribution in [2.24, 2.45) is 5.92 Å². The zero-order chi connectivity index (χ0) is 21.6. The van der Waals surface area contributed by atoms with Crippen LogP contribution in [0.2, 0.25) is 5.02 Å². The summed E-state index contributed by atoms with van der Waals surface area (Å²) in [4.78, 5) is 27.1. The van der Waals surface area contributed by atoms with E-state index < -0.39 is 35.7 Å². The second kappa shape index (κ2) is 7.35. The molecule has 1 N–H and O–H groups in total. The summed E-state index contributed by atoms with van der Waals surface area (Å²) in [5, 5.41) is 11.1. The highest BCUT2D eigenvalue weighted by Gasteiger charge is 2.70. The summed E-state index contributed by atoms with van der Waals surface area (Å²) in [5.74, 6) is -2.99. The quantitative estimate of drug-likeness (QED) is 0.751. The molecule has 2 aromatic carbocycles. The lowest BCUT2D eigenvalue weighted by molar-refractivity contribution is -0.328. The molecule has 0 aromatic heterocycles. The van der Waals surface area contributed by atoms with E-state index in [1.165, 1.54) is 55.6 Å². The molecule has 2 aromatic rings. The molecule has 3 atom stereocenters. The van der Waals surface area contributed by atoms with Gasteiger partial charge in [0.15, 0.2) is 5.78 Å². The van der Waals surface area contributed by atoms with Crippen LogP contribution in [-0.4, -0.2) is 52.7 Å². The zero-order valence-corrected chi connectivity index (χ0v) is 16.3. The van der Waals surface area contributed by atoms with Crippen LogP contribution < -0.4 is 0 Å². The van der Waals surface area contributed by atoms with Crippen LogP contribution in [0.25, 0.3) is 0 Å². The fraction of sp³-hybridized carbons (Fsp3) is 0.300. The van der Waals surface area contributed by atoms with Crippen LogP contribution in [0.3, 0.4) is 0 Å². The van der Waals surface area contributed by atoms with Crippen molar-refractivity contribution in [1.29, 1.82) is 0 Å². The maximum absolute atomic E-state index is 14.1. The van der Waals surface area contributed by atoms with Crippen molar-refractivity contribution in [2.75, 3.05) is 14.1 Å². The third-order valence-electron chi connectivity index (χ3n) is 5.21.